The number of sulfonamides is 1. The van der Waals surface area contributed by atoms with E-state index in [2.05, 4.69) is 10.0 Å². The van der Waals surface area contributed by atoms with Crippen LogP contribution in [0, 0.1) is 0 Å². The predicted octanol–water partition coefficient (Wildman–Crippen LogP) is 1.22. The Morgan fingerprint density at radius 1 is 1.24 bits per heavy atom. The Balaban J connectivity index is 2.20. The first-order chi connectivity index (χ1) is 9.66. The van der Waals surface area contributed by atoms with Crippen molar-refractivity contribution in [3.8, 4) is 0 Å². The lowest BCUT2D eigenvalue weighted by atomic mass is 9.98. The molecule has 0 aromatic heterocycles. The molecular formula is C13H20N2O4S2. The van der Waals surface area contributed by atoms with Gasteiger partial charge in [0, 0.05) is 12.3 Å². The lowest BCUT2D eigenvalue weighted by molar-refractivity contribution is 0.593. The van der Waals surface area contributed by atoms with Crippen LogP contribution in [0.25, 0.3) is 0 Å². The Bertz CT molecular complexity index is 727. The molecule has 1 aliphatic heterocycles. The average molecular weight is 332 g/mol. The number of para-hydroxylation sites is 1. The van der Waals surface area contributed by atoms with Gasteiger partial charge in [-0.1, -0.05) is 12.1 Å². The van der Waals surface area contributed by atoms with E-state index in [0.717, 1.165) is 30.3 Å². The van der Waals surface area contributed by atoms with Crippen LogP contribution in [-0.4, -0.2) is 40.6 Å². The number of hydrogen-bond donors (Lipinski definition) is 2. The van der Waals surface area contributed by atoms with Gasteiger partial charge >= 0.3 is 0 Å². The zero-order valence-electron chi connectivity index (χ0n) is 12.1. The molecule has 8 heteroatoms. The van der Waals surface area contributed by atoms with Crippen molar-refractivity contribution >= 4 is 31.2 Å². The van der Waals surface area contributed by atoms with Crippen molar-refractivity contribution in [3.63, 3.8) is 0 Å². The number of hydrogen-bond acceptors (Lipinski definition) is 5. The van der Waals surface area contributed by atoms with Gasteiger partial charge in [-0.2, -0.15) is 0 Å². The van der Waals surface area contributed by atoms with Gasteiger partial charge < -0.3 is 5.32 Å². The van der Waals surface area contributed by atoms with E-state index in [0.29, 0.717) is 5.69 Å². The first kappa shape index (κ1) is 16.1. The molecule has 0 amide bonds. The molecule has 0 bridgehead atoms. The number of nitrogens with one attached hydrogen (secondary N) is 2. The van der Waals surface area contributed by atoms with Gasteiger partial charge in [0.15, 0.2) is 0 Å². The Labute approximate surface area is 125 Å². The molecule has 118 valence electrons. The normalized spacial score (nSPS) is 18.7. The summed E-state index contributed by atoms with van der Waals surface area (Å²) in [6.45, 7) is 2.04. The van der Waals surface area contributed by atoms with Gasteiger partial charge in [-0.15, -0.1) is 0 Å². The van der Waals surface area contributed by atoms with Gasteiger partial charge in [0.25, 0.3) is 0 Å². The standard InChI is InChI=1S/C13H20N2O4S2/c1-10-6-7-11-4-3-5-12(13(11)14-10)15-21(18,19)9-8-20(2,16)17/h3-5,10,14-15H,6-9H2,1-2H3. The third kappa shape index (κ3) is 4.60. The van der Waals surface area contributed by atoms with E-state index in [9.17, 15) is 16.8 Å². The molecule has 1 aromatic rings. The summed E-state index contributed by atoms with van der Waals surface area (Å²) in [5.41, 5.74) is 2.34. The quantitative estimate of drug-likeness (QED) is 0.846. The molecule has 0 saturated carbocycles. The number of anilines is 2. The smallest absolute Gasteiger partial charge is 0.233 e. The molecule has 6 nitrogen and oxygen atoms in total. The first-order valence-corrected chi connectivity index (χ1v) is 10.4. The molecule has 0 radical (unpaired) electrons. The highest BCUT2D eigenvalue weighted by Crippen LogP contribution is 2.32. The van der Waals surface area contributed by atoms with Crippen LogP contribution < -0.4 is 10.0 Å². The molecule has 21 heavy (non-hydrogen) atoms. The van der Waals surface area contributed by atoms with Crippen LogP contribution >= 0.6 is 0 Å². The van der Waals surface area contributed by atoms with E-state index >= 15 is 0 Å². The largest absolute Gasteiger partial charge is 0.381 e. The number of aryl methyl sites for hydroxylation is 1. The maximum atomic E-state index is 12.0. The Hall–Kier alpha value is -1.28. The van der Waals surface area contributed by atoms with Crippen LogP contribution in [0.1, 0.15) is 18.9 Å². The SMILES string of the molecule is CC1CCc2cccc(NS(=O)(=O)CCS(C)(=O)=O)c2N1. The van der Waals surface area contributed by atoms with E-state index in [1.54, 1.807) is 12.1 Å². The molecule has 0 fully saturated rings. The highest BCUT2D eigenvalue weighted by Gasteiger charge is 2.20. The van der Waals surface area contributed by atoms with Crippen LogP contribution in [0.4, 0.5) is 11.4 Å². The summed E-state index contributed by atoms with van der Waals surface area (Å²) in [5, 5.41) is 3.28. The van der Waals surface area contributed by atoms with E-state index in [-0.39, 0.29) is 11.8 Å². The molecule has 1 aliphatic rings. The molecule has 0 spiro atoms. The second-order valence-electron chi connectivity index (χ2n) is 5.47. The predicted molar refractivity (Wildman–Crippen MR) is 85.0 cm³/mol. The molecular weight excluding hydrogens is 312 g/mol. The number of sulfone groups is 1. The van der Waals surface area contributed by atoms with Crippen LogP contribution in [0.3, 0.4) is 0 Å². The highest BCUT2D eigenvalue weighted by atomic mass is 32.2. The van der Waals surface area contributed by atoms with Crippen LogP contribution in [-0.2, 0) is 26.3 Å². The third-order valence-electron chi connectivity index (χ3n) is 3.38. The van der Waals surface area contributed by atoms with Crippen LogP contribution in [0.15, 0.2) is 18.2 Å². The Kier molecular flexibility index (Phi) is 4.48. The maximum absolute atomic E-state index is 12.0. The minimum Gasteiger partial charge on any atom is -0.381 e. The van der Waals surface area contributed by atoms with Crippen molar-refractivity contribution in [2.24, 2.45) is 0 Å². The van der Waals surface area contributed by atoms with Gasteiger partial charge in [-0.3, -0.25) is 4.72 Å². The highest BCUT2D eigenvalue weighted by molar-refractivity contribution is 7.95. The second-order valence-corrected chi connectivity index (χ2v) is 9.58. The fourth-order valence-corrected chi connectivity index (χ4v) is 4.93. The third-order valence-corrected chi connectivity index (χ3v) is 5.85. The Morgan fingerprint density at radius 3 is 2.62 bits per heavy atom. The molecule has 0 saturated heterocycles. The first-order valence-electron chi connectivity index (χ1n) is 6.73. The summed E-state index contributed by atoms with van der Waals surface area (Å²) in [5.74, 6) is -0.827. The number of rotatable bonds is 5. The lowest BCUT2D eigenvalue weighted by Crippen LogP contribution is -2.26. The van der Waals surface area contributed by atoms with Gasteiger partial charge in [-0.05, 0) is 31.4 Å². The molecule has 1 unspecified atom stereocenters. The molecule has 1 aromatic carbocycles. The minimum atomic E-state index is -3.69. The van der Waals surface area contributed by atoms with Gasteiger partial charge in [-0.25, -0.2) is 16.8 Å². The van der Waals surface area contributed by atoms with E-state index in [1.165, 1.54) is 0 Å². The monoisotopic (exact) mass is 332 g/mol. The van der Waals surface area contributed by atoms with Crippen molar-refractivity contribution in [2.75, 3.05) is 27.8 Å². The zero-order chi connectivity index (χ0) is 15.7. The topological polar surface area (TPSA) is 92.3 Å². The van der Waals surface area contributed by atoms with Gasteiger partial charge in [0.05, 0.1) is 22.9 Å². The van der Waals surface area contributed by atoms with Crippen molar-refractivity contribution in [1.82, 2.24) is 0 Å². The molecule has 2 rings (SSSR count). The summed E-state index contributed by atoms with van der Waals surface area (Å²) >= 11 is 0. The lowest BCUT2D eigenvalue weighted by Gasteiger charge is -2.26. The van der Waals surface area contributed by atoms with Gasteiger partial charge in [0.2, 0.25) is 10.0 Å². The fourth-order valence-electron chi connectivity index (χ4n) is 2.23. The van der Waals surface area contributed by atoms with E-state index < -0.39 is 25.6 Å². The fraction of sp³-hybridized carbons (Fsp3) is 0.538. The maximum Gasteiger partial charge on any atom is 0.233 e. The summed E-state index contributed by atoms with van der Waals surface area (Å²) < 4.78 is 48.7. The van der Waals surface area contributed by atoms with E-state index in [4.69, 9.17) is 0 Å². The van der Waals surface area contributed by atoms with Gasteiger partial charge in [0.1, 0.15) is 9.84 Å². The van der Waals surface area contributed by atoms with Crippen LogP contribution in [0.5, 0.6) is 0 Å². The van der Waals surface area contributed by atoms with Crippen molar-refractivity contribution in [3.05, 3.63) is 23.8 Å². The van der Waals surface area contributed by atoms with E-state index in [1.807, 2.05) is 13.0 Å². The summed E-state index contributed by atoms with van der Waals surface area (Å²) in [6, 6.07) is 5.72. The second kappa shape index (κ2) is 5.84. The summed E-state index contributed by atoms with van der Waals surface area (Å²) in [6.07, 6.45) is 2.91. The number of benzene rings is 1. The zero-order valence-corrected chi connectivity index (χ0v) is 13.7. The Morgan fingerprint density at radius 2 is 1.95 bits per heavy atom. The molecule has 2 N–H and O–H groups in total. The van der Waals surface area contributed by atoms with Crippen molar-refractivity contribution < 1.29 is 16.8 Å². The van der Waals surface area contributed by atoms with Crippen molar-refractivity contribution in [2.45, 2.75) is 25.8 Å². The van der Waals surface area contributed by atoms with Crippen LogP contribution in [0.2, 0.25) is 0 Å². The summed E-state index contributed by atoms with van der Waals surface area (Å²) in [7, 11) is -7.00. The van der Waals surface area contributed by atoms with Crippen molar-refractivity contribution in [1.29, 1.82) is 0 Å². The summed E-state index contributed by atoms with van der Waals surface area (Å²) in [4.78, 5) is 0. The molecule has 1 heterocycles. The molecule has 0 aliphatic carbocycles. The molecule has 1 atom stereocenters. The average Bonchev–Trinajstić information content (AvgIpc) is 2.36. The number of fused-ring (bicyclic) bond motifs is 1. The minimum absolute atomic E-state index is 0.277.